The van der Waals surface area contributed by atoms with Gasteiger partial charge in [0.2, 0.25) is 0 Å². The summed E-state index contributed by atoms with van der Waals surface area (Å²) in [6.07, 6.45) is 0. The Labute approximate surface area is 161 Å². The molecular formula is C16H28IN3O2S. The van der Waals surface area contributed by atoms with Crippen LogP contribution < -0.4 is 10.6 Å². The molecule has 0 aliphatic heterocycles. The van der Waals surface area contributed by atoms with E-state index in [1.54, 1.807) is 14.2 Å². The smallest absolute Gasteiger partial charge is 0.191 e. The monoisotopic (exact) mass is 453 g/mol. The van der Waals surface area contributed by atoms with Gasteiger partial charge in [0.25, 0.3) is 0 Å². The molecular weight excluding hydrogens is 425 g/mol. The largest absolute Gasteiger partial charge is 0.382 e. The molecule has 0 amide bonds. The van der Waals surface area contributed by atoms with Crippen LogP contribution in [0.4, 0.5) is 0 Å². The lowest BCUT2D eigenvalue weighted by atomic mass is 10.4. The zero-order valence-electron chi connectivity index (χ0n) is 14.1. The Kier molecular flexibility index (Phi) is 14.7. The van der Waals surface area contributed by atoms with Crippen molar-refractivity contribution >= 4 is 41.7 Å². The van der Waals surface area contributed by atoms with E-state index in [-0.39, 0.29) is 24.0 Å². The zero-order valence-corrected chi connectivity index (χ0v) is 17.2. The number of nitrogens with zero attached hydrogens (tertiary/aromatic N) is 1. The van der Waals surface area contributed by atoms with Crippen LogP contribution in [-0.4, -0.2) is 58.3 Å². The fourth-order valence-electron chi connectivity index (χ4n) is 1.72. The number of thioether (sulfide) groups is 1. The molecule has 0 heterocycles. The highest BCUT2D eigenvalue weighted by Gasteiger charge is 2.05. The van der Waals surface area contributed by atoms with Gasteiger partial charge in [0.05, 0.1) is 19.8 Å². The van der Waals surface area contributed by atoms with Gasteiger partial charge in [0.1, 0.15) is 0 Å². The van der Waals surface area contributed by atoms with Gasteiger partial charge in [0.15, 0.2) is 5.96 Å². The van der Waals surface area contributed by atoms with Crippen molar-refractivity contribution in [1.82, 2.24) is 10.6 Å². The van der Waals surface area contributed by atoms with Gasteiger partial charge < -0.3 is 20.1 Å². The van der Waals surface area contributed by atoms with Crippen LogP contribution in [0.3, 0.4) is 0 Å². The number of ether oxygens (including phenoxy) is 2. The average Bonchev–Trinajstić information content (AvgIpc) is 2.54. The molecule has 0 saturated heterocycles. The molecule has 1 aromatic carbocycles. The van der Waals surface area contributed by atoms with Crippen LogP contribution >= 0.6 is 35.7 Å². The fourth-order valence-corrected chi connectivity index (χ4v) is 2.67. The maximum absolute atomic E-state index is 5.40. The van der Waals surface area contributed by atoms with E-state index >= 15 is 0 Å². The minimum atomic E-state index is 0. The molecule has 5 nitrogen and oxygen atoms in total. The summed E-state index contributed by atoms with van der Waals surface area (Å²) in [4.78, 5) is 5.49. The summed E-state index contributed by atoms with van der Waals surface area (Å²) in [6.45, 7) is 5.66. The van der Waals surface area contributed by atoms with Gasteiger partial charge in [-0.25, -0.2) is 0 Å². The summed E-state index contributed by atoms with van der Waals surface area (Å²) in [6, 6.07) is 10.4. The number of nitrogens with one attached hydrogen (secondary N) is 2. The molecule has 0 saturated carbocycles. The third-order valence-electron chi connectivity index (χ3n) is 2.83. The Bertz CT molecular complexity index is 421. The molecule has 0 aliphatic rings. The van der Waals surface area contributed by atoms with Gasteiger partial charge in [-0.2, -0.15) is 0 Å². The van der Waals surface area contributed by atoms with Crippen LogP contribution in [0.5, 0.6) is 0 Å². The summed E-state index contributed by atoms with van der Waals surface area (Å²) < 4.78 is 10.3. The highest BCUT2D eigenvalue weighted by molar-refractivity contribution is 14.0. The molecule has 0 fully saturated rings. The quantitative estimate of drug-likeness (QED) is 0.188. The van der Waals surface area contributed by atoms with Gasteiger partial charge in [-0.15, -0.1) is 35.7 Å². The number of hydrogen-bond donors (Lipinski definition) is 2. The summed E-state index contributed by atoms with van der Waals surface area (Å²) in [5, 5.41) is 7.02. The van der Waals surface area contributed by atoms with E-state index in [4.69, 9.17) is 9.47 Å². The number of halogens is 1. The first kappa shape index (κ1) is 22.5. The van der Waals surface area contributed by atoms with Crippen LogP contribution in [0.1, 0.15) is 6.92 Å². The van der Waals surface area contributed by atoms with Gasteiger partial charge >= 0.3 is 0 Å². The number of guanidine groups is 1. The standard InChI is InChI=1S/C16H27N3O2S.HI/c1-14(22-15-7-5-4-6-8-15)13-19-16(17-2)18-9-10-21-12-11-20-3;/h4-8,14H,9-13H2,1-3H3,(H2,17,18,19);1H. The van der Waals surface area contributed by atoms with Crippen molar-refractivity contribution in [3.05, 3.63) is 30.3 Å². The normalized spacial score (nSPS) is 12.4. The average molecular weight is 453 g/mol. The van der Waals surface area contributed by atoms with Crippen molar-refractivity contribution in [2.45, 2.75) is 17.1 Å². The van der Waals surface area contributed by atoms with E-state index in [9.17, 15) is 0 Å². The summed E-state index contributed by atoms with van der Waals surface area (Å²) in [5.74, 6) is 0.802. The third kappa shape index (κ3) is 11.6. The van der Waals surface area contributed by atoms with E-state index < -0.39 is 0 Å². The predicted octanol–water partition coefficient (Wildman–Crippen LogP) is 2.61. The Hall–Kier alpha value is -0.510. The number of benzene rings is 1. The second-order valence-electron chi connectivity index (χ2n) is 4.73. The molecule has 1 unspecified atom stereocenters. The Morgan fingerprint density at radius 2 is 1.91 bits per heavy atom. The Morgan fingerprint density at radius 1 is 1.17 bits per heavy atom. The van der Waals surface area contributed by atoms with Crippen LogP contribution in [-0.2, 0) is 9.47 Å². The van der Waals surface area contributed by atoms with Crippen molar-refractivity contribution in [2.24, 2.45) is 4.99 Å². The van der Waals surface area contributed by atoms with Gasteiger partial charge in [-0.1, -0.05) is 25.1 Å². The minimum Gasteiger partial charge on any atom is -0.382 e. The molecule has 2 N–H and O–H groups in total. The lowest BCUT2D eigenvalue weighted by Gasteiger charge is -2.16. The first-order valence-corrected chi connectivity index (χ1v) is 8.37. The van der Waals surface area contributed by atoms with Gasteiger partial charge in [-0.3, -0.25) is 4.99 Å². The van der Waals surface area contributed by atoms with Gasteiger partial charge in [0, 0.05) is 37.4 Å². The number of methoxy groups -OCH3 is 1. The molecule has 1 atom stereocenters. The lowest BCUT2D eigenvalue weighted by molar-refractivity contribution is 0.0733. The van der Waals surface area contributed by atoms with E-state index in [0.29, 0.717) is 25.1 Å². The molecule has 23 heavy (non-hydrogen) atoms. The number of hydrogen-bond acceptors (Lipinski definition) is 4. The second-order valence-corrected chi connectivity index (χ2v) is 6.24. The Balaban J connectivity index is 0.00000484. The van der Waals surface area contributed by atoms with Crippen molar-refractivity contribution in [1.29, 1.82) is 0 Å². The van der Waals surface area contributed by atoms with Crippen LogP contribution in [0, 0.1) is 0 Å². The van der Waals surface area contributed by atoms with E-state index in [0.717, 1.165) is 19.0 Å². The molecule has 0 radical (unpaired) electrons. The van der Waals surface area contributed by atoms with E-state index in [1.165, 1.54) is 4.90 Å². The summed E-state index contributed by atoms with van der Waals surface area (Å²) in [5.41, 5.74) is 0. The highest BCUT2D eigenvalue weighted by atomic mass is 127. The number of aliphatic imine (C=N–C) groups is 1. The fraction of sp³-hybridized carbons (Fsp3) is 0.562. The predicted molar refractivity (Wildman–Crippen MR) is 109 cm³/mol. The molecule has 1 aromatic rings. The van der Waals surface area contributed by atoms with Crippen molar-refractivity contribution in [3.8, 4) is 0 Å². The summed E-state index contributed by atoms with van der Waals surface area (Å²) >= 11 is 1.85. The van der Waals surface area contributed by atoms with Crippen molar-refractivity contribution in [3.63, 3.8) is 0 Å². The molecule has 0 aliphatic carbocycles. The SMILES string of the molecule is CN=C(NCCOCCOC)NCC(C)Sc1ccccc1.I. The number of rotatable bonds is 10. The molecule has 0 aromatic heterocycles. The van der Waals surface area contributed by atoms with Crippen LogP contribution in [0.2, 0.25) is 0 Å². The molecule has 0 bridgehead atoms. The van der Waals surface area contributed by atoms with Crippen LogP contribution in [0.15, 0.2) is 40.2 Å². The maximum Gasteiger partial charge on any atom is 0.191 e. The van der Waals surface area contributed by atoms with Crippen molar-refractivity contribution < 1.29 is 9.47 Å². The topological polar surface area (TPSA) is 54.9 Å². The van der Waals surface area contributed by atoms with E-state index in [2.05, 4.69) is 46.8 Å². The first-order valence-electron chi connectivity index (χ1n) is 7.49. The molecule has 1 rings (SSSR count). The van der Waals surface area contributed by atoms with E-state index in [1.807, 2.05) is 17.8 Å². The molecule has 7 heteroatoms. The third-order valence-corrected chi connectivity index (χ3v) is 3.95. The first-order chi connectivity index (χ1) is 10.8. The van der Waals surface area contributed by atoms with Crippen molar-refractivity contribution in [2.75, 3.05) is 47.1 Å². The maximum atomic E-state index is 5.40. The lowest BCUT2D eigenvalue weighted by Crippen LogP contribution is -2.41. The summed E-state index contributed by atoms with van der Waals surface area (Å²) in [7, 11) is 3.44. The zero-order chi connectivity index (χ0) is 16.0. The second kappa shape index (κ2) is 15.0. The van der Waals surface area contributed by atoms with Gasteiger partial charge in [-0.05, 0) is 12.1 Å². The minimum absolute atomic E-state index is 0. The van der Waals surface area contributed by atoms with Crippen LogP contribution in [0.25, 0.3) is 0 Å². The molecule has 0 spiro atoms. The highest BCUT2D eigenvalue weighted by Crippen LogP contribution is 2.21. The Morgan fingerprint density at radius 3 is 2.57 bits per heavy atom. The molecule has 132 valence electrons.